The summed E-state index contributed by atoms with van der Waals surface area (Å²) in [6.45, 7) is 3.23. The monoisotopic (exact) mass is 553 g/mol. The molecule has 1 aliphatic carbocycles. The number of amides is 2. The molecule has 1 fully saturated rings. The van der Waals surface area contributed by atoms with Crippen molar-refractivity contribution in [3.63, 3.8) is 0 Å². The van der Waals surface area contributed by atoms with Gasteiger partial charge in [0, 0.05) is 22.6 Å². The number of carbonyl (C=O) groups excluding carboxylic acids is 2. The number of halogens is 2. The van der Waals surface area contributed by atoms with Gasteiger partial charge in [-0.3, -0.25) is 13.9 Å². The first-order valence-corrected chi connectivity index (χ1v) is 14.7. The van der Waals surface area contributed by atoms with Crippen LogP contribution in [0.15, 0.2) is 42.5 Å². The van der Waals surface area contributed by atoms with Crippen molar-refractivity contribution in [2.75, 3.05) is 17.1 Å². The zero-order valence-corrected chi connectivity index (χ0v) is 23.2. The van der Waals surface area contributed by atoms with Gasteiger partial charge in [0.1, 0.15) is 12.6 Å². The highest BCUT2D eigenvalue weighted by atomic mass is 35.5. The van der Waals surface area contributed by atoms with Crippen LogP contribution in [0.3, 0.4) is 0 Å². The van der Waals surface area contributed by atoms with Crippen molar-refractivity contribution in [2.45, 2.75) is 64.6 Å². The van der Waals surface area contributed by atoms with Crippen LogP contribution in [-0.4, -0.2) is 50.0 Å². The lowest BCUT2D eigenvalue weighted by Gasteiger charge is -2.32. The standard InChI is InChI=1S/C26H33Cl2N3O4S/c1-4-19-9-13-23(14-10-19)31(36(3,34)35)17-25(32)30(16-20-11-12-21(27)15-24(20)28)18(2)26(33)29-22-7-5-6-8-22/h9-15,18,22H,4-8,16-17H2,1-3H3,(H,29,33)/t18-/m0/s1. The molecule has 10 heteroatoms. The molecule has 1 saturated carbocycles. The molecule has 196 valence electrons. The number of hydrogen-bond acceptors (Lipinski definition) is 4. The Kier molecular flexibility index (Phi) is 9.66. The van der Waals surface area contributed by atoms with E-state index in [0.717, 1.165) is 48.2 Å². The first-order valence-electron chi connectivity index (χ1n) is 12.1. The summed E-state index contributed by atoms with van der Waals surface area (Å²) in [5, 5.41) is 3.84. The van der Waals surface area contributed by atoms with E-state index in [0.29, 0.717) is 21.3 Å². The average molecular weight is 555 g/mol. The van der Waals surface area contributed by atoms with Gasteiger partial charge < -0.3 is 10.2 Å². The lowest BCUT2D eigenvalue weighted by atomic mass is 10.1. The highest BCUT2D eigenvalue weighted by Crippen LogP contribution is 2.25. The molecule has 1 atom stereocenters. The van der Waals surface area contributed by atoms with Crippen molar-refractivity contribution in [1.29, 1.82) is 0 Å². The van der Waals surface area contributed by atoms with Crippen LogP contribution in [0.2, 0.25) is 10.0 Å². The van der Waals surface area contributed by atoms with Crippen LogP contribution in [0.25, 0.3) is 0 Å². The van der Waals surface area contributed by atoms with Crippen molar-refractivity contribution >= 4 is 50.7 Å². The first-order chi connectivity index (χ1) is 17.0. The van der Waals surface area contributed by atoms with E-state index in [2.05, 4.69) is 5.32 Å². The third-order valence-corrected chi connectivity index (χ3v) is 8.26. The normalized spacial score (nSPS) is 14.9. The summed E-state index contributed by atoms with van der Waals surface area (Å²) in [7, 11) is -3.78. The fourth-order valence-corrected chi connectivity index (χ4v) is 5.64. The molecule has 7 nitrogen and oxygen atoms in total. The zero-order valence-electron chi connectivity index (χ0n) is 20.8. The van der Waals surface area contributed by atoms with Crippen LogP contribution in [-0.2, 0) is 32.6 Å². The number of anilines is 1. The molecule has 2 aromatic carbocycles. The summed E-state index contributed by atoms with van der Waals surface area (Å²) in [6.07, 6.45) is 5.80. The quantitative estimate of drug-likeness (QED) is 0.457. The van der Waals surface area contributed by atoms with Crippen LogP contribution in [0.5, 0.6) is 0 Å². The smallest absolute Gasteiger partial charge is 0.244 e. The second-order valence-corrected chi connectivity index (χ2v) is 12.0. The summed E-state index contributed by atoms with van der Waals surface area (Å²) < 4.78 is 26.4. The second-order valence-electron chi connectivity index (χ2n) is 9.21. The van der Waals surface area contributed by atoms with E-state index in [4.69, 9.17) is 23.2 Å². The van der Waals surface area contributed by atoms with E-state index in [-0.39, 0.29) is 18.5 Å². The van der Waals surface area contributed by atoms with Gasteiger partial charge in [-0.05, 0) is 61.6 Å². The molecule has 1 N–H and O–H groups in total. The largest absolute Gasteiger partial charge is 0.352 e. The molecule has 0 unspecified atom stereocenters. The van der Waals surface area contributed by atoms with E-state index >= 15 is 0 Å². The Labute approximate surface area is 223 Å². The Morgan fingerprint density at radius 3 is 2.28 bits per heavy atom. The molecule has 3 rings (SSSR count). The molecule has 0 bridgehead atoms. The highest BCUT2D eigenvalue weighted by Gasteiger charge is 2.31. The van der Waals surface area contributed by atoms with Gasteiger partial charge in [0.15, 0.2) is 0 Å². The molecular weight excluding hydrogens is 521 g/mol. The fourth-order valence-electron chi connectivity index (χ4n) is 4.32. The van der Waals surface area contributed by atoms with Gasteiger partial charge in [0.2, 0.25) is 21.8 Å². The van der Waals surface area contributed by atoms with Crippen LogP contribution in [0.1, 0.15) is 50.7 Å². The highest BCUT2D eigenvalue weighted by molar-refractivity contribution is 7.92. The predicted molar refractivity (Wildman–Crippen MR) is 145 cm³/mol. The van der Waals surface area contributed by atoms with Gasteiger partial charge in [0.05, 0.1) is 11.9 Å². The average Bonchev–Trinajstić information content (AvgIpc) is 3.34. The molecule has 0 aromatic heterocycles. The third-order valence-electron chi connectivity index (χ3n) is 6.54. The summed E-state index contributed by atoms with van der Waals surface area (Å²) in [4.78, 5) is 28.1. The Hall–Kier alpha value is -2.29. The number of hydrogen-bond donors (Lipinski definition) is 1. The number of benzene rings is 2. The zero-order chi connectivity index (χ0) is 26.5. The molecule has 0 aliphatic heterocycles. The minimum Gasteiger partial charge on any atom is -0.352 e. The predicted octanol–water partition coefficient (Wildman–Crippen LogP) is 4.80. The maximum Gasteiger partial charge on any atom is 0.244 e. The number of sulfonamides is 1. The summed E-state index contributed by atoms with van der Waals surface area (Å²) in [5.74, 6) is -0.793. The van der Waals surface area contributed by atoms with Gasteiger partial charge in [-0.2, -0.15) is 0 Å². The lowest BCUT2D eigenvalue weighted by molar-refractivity contribution is -0.139. The van der Waals surface area contributed by atoms with E-state index < -0.39 is 28.5 Å². The molecule has 2 aromatic rings. The van der Waals surface area contributed by atoms with E-state index in [1.54, 1.807) is 37.3 Å². The molecule has 0 saturated heterocycles. The van der Waals surface area contributed by atoms with E-state index in [1.807, 2.05) is 19.1 Å². The number of aryl methyl sites for hydroxylation is 1. The van der Waals surface area contributed by atoms with Crippen LogP contribution in [0, 0.1) is 0 Å². The van der Waals surface area contributed by atoms with Crippen molar-refractivity contribution < 1.29 is 18.0 Å². The van der Waals surface area contributed by atoms with Crippen molar-refractivity contribution in [2.24, 2.45) is 0 Å². The molecule has 0 radical (unpaired) electrons. The van der Waals surface area contributed by atoms with Gasteiger partial charge >= 0.3 is 0 Å². The Morgan fingerprint density at radius 2 is 1.72 bits per heavy atom. The van der Waals surface area contributed by atoms with Crippen molar-refractivity contribution in [3.05, 3.63) is 63.6 Å². The number of rotatable bonds is 10. The number of nitrogens with zero attached hydrogens (tertiary/aromatic N) is 2. The molecule has 36 heavy (non-hydrogen) atoms. The lowest BCUT2D eigenvalue weighted by Crippen LogP contribution is -2.52. The minimum atomic E-state index is -3.78. The van der Waals surface area contributed by atoms with Gasteiger partial charge in [0.25, 0.3) is 0 Å². The van der Waals surface area contributed by atoms with Crippen molar-refractivity contribution in [3.8, 4) is 0 Å². The Bertz CT molecular complexity index is 1180. The third kappa shape index (κ3) is 7.37. The number of carbonyl (C=O) groups is 2. The second kappa shape index (κ2) is 12.3. The van der Waals surface area contributed by atoms with Gasteiger partial charge in [-0.1, -0.05) is 61.2 Å². The maximum absolute atomic E-state index is 13.6. The summed E-state index contributed by atoms with van der Waals surface area (Å²) in [5.41, 5.74) is 2.04. The topological polar surface area (TPSA) is 86.8 Å². The molecule has 2 amide bonds. The van der Waals surface area contributed by atoms with Crippen LogP contribution >= 0.6 is 23.2 Å². The maximum atomic E-state index is 13.6. The molecule has 1 aliphatic rings. The molecule has 0 spiro atoms. The number of nitrogens with one attached hydrogen (secondary N) is 1. The van der Waals surface area contributed by atoms with Gasteiger partial charge in [-0.15, -0.1) is 0 Å². The van der Waals surface area contributed by atoms with E-state index in [9.17, 15) is 18.0 Å². The fraction of sp³-hybridized carbons (Fsp3) is 0.462. The Balaban J connectivity index is 1.89. The molecular formula is C26H33Cl2N3O4S. The van der Waals surface area contributed by atoms with Crippen LogP contribution in [0.4, 0.5) is 5.69 Å². The molecule has 0 heterocycles. The Morgan fingerprint density at radius 1 is 1.08 bits per heavy atom. The summed E-state index contributed by atoms with van der Waals surface area (Å²) in [6, 6.07) is 11.2. The van der Waals surface area contributed by atoms with E-state index in [1.165, 1.54) is 4.90 Å². The van der Waals surface area contributed by atoms with Gasteiger partial charge in [-0.25, -0.2) is 8.42 Å². The SMILES string of the molecule is CCc1ccc(N(CC(=O)N(Cc2ccc(Cl)cc2Cl)[C@@H](C)C(=O)NC2CCCC2)S(C)(=O)=O)cc1. The van der Waals surface area contributed by atoms with Crippen molar-refractivity contribution in [1.82, 2.24) is 10.2 Å². The van der Waals surface area contributed by atoms with Crippen LogP contribution < -0.4 is 9.62 Å². The summed E-state index contributed by atoms with van der Waals surface area (Å²) >= 11 is 12.4. The first kappa shape index (κ1) is 28.3. The minimum absolute atomic E-state index is 0.0282.